The number of nitrogens with zero attached hydrogens (tertiary/aromatic N) is 2. The third-order valence-corrected chi connectivity index (χ3v) is 4.17. The number of fused-ring (bicyclic) bond motifs is 1. The third kappa shape index (κ3) is 2.47. The molecule has 0 radical (unpaired) electrons. The lowest BCUT2D eigenvalue weighted by molar-refractivity contribution is 0.354. The number of H-pyrrole nitrogens is 1. The first-order chi connectivity index (χ1) is 11.5. The number of benzene rings is 1. The van der Waals surface area contributed by atoms with E-state index in [2.05, 4.69) is 5.10 Å². The van der Waals surface area contributed by atoms with Gasteiger partial charge in [0.25, 0.3) is 11.1 Å². The molecule has 126 valence electrons. The van der Waals surface area contributed by atoms with Gasteiger partial charge in [0.2, 0.25) is 0 Å². The molecule has 0 saturated carbocycles. The first-order valence-electron chi connectivity index (χ1n) is 7.46. The SMILES string of the molecule is COc1ccc(Cn2c(C)c3c(=O)n(C)[nH]c3cc2=O)cc1OC. The summed E-state index contributed by atoms with van der Waals surface area (Å²) < 4.78 is 13.5. The van der Waals surface area contributed by atoms with Crippen molar-refractivity contribution in [3.05, 3.63) is 56.2 Å². The number of rotatable bonds is 4. The fraction of sp³-hybridized carbons (Fsp3) is 0.294. The minimum absolute atomic E-state index is 0.149. The molecule has 24 heavy (non-hydrogen) atoms. The Hall–Kier alpha value is -2.96. The van der Waals surface area contributed by atoms with E-state index in [1.165, 1.54) is 10.7 Å². The van der Waals surface area contributed by atoms with Crippen LogP contribution in [0.5, 0.6) is 11.5 Å². The predicted molar refractivity (Wildman–Crippen MR) is 91.2 cm³/mol. The number of hydrogen-bond donors (Lipinski definition) is 1. The van der Waals surface area contributed by atoms with Crippen molar-refractivity contribution in [2.75, 3.05) is 14.2 Å². The lowest BCUT2D eigenvalue weighted by atomic mass is 10.1. The van der Waals surface area contributed by atoms with E-state index in [0.29, 0.717) is 34.6 Å². The van der Waals surface area contributed by atoms with Crippen LogP contribution in [0.3, 0.4) is 0 Å². The standard InChI is InChI=1S/C17H19N3O4/c1-10-16-12(18-19(2)17(16)22)8-15(21)20(10)9-11-5-6-13(23-3)14(7-11)24-4/h5-8,18H,9H2,1-4H3. The first-order valence-corrected chi connectivity index (χ1v) is 7.46. The van der Waals surface area contributed by atoms with Crippen LogP contribution in [-0.2, 0) is 13.6 Å². The maximum Gasteiger partial charge on any atom is 0.275 e. The zero-order valence-corrected chi connectivity index (χ0v) is 14.0. The highest BCUT2D eigenvalue weighted by Gasteiger charge is 2.14. The van der Waals surface area contributed by atoms with E-state index in [4.69, 9.17) is 9.47 Å². The Morgan fingerprint density at radius 3 is 2.46 bits per heavy atom. The second kappa shape index (κ2) is 5.92. The molecule has 2 heterocycles. The maximum atomic E-state index is 12.4. The van der Waals surface area contributed by atoms with Gasteiger partial charge in [-0.15, -0.1) is 0 Å². The molecule has 0 aliphatic rings. The summed E-state index contributed by atoms with van der Waals surface area (Å²) in [7, 11) is 4.77. The van der Waals surface area contributed by atoms with E-state index in [1.807, 2.05) is 12.1 Å². The van der Waals surface area contributed by atoms with Gasteiger partial charge in [-0.05, 0) is 24.6 Å². The maximum absolute atomic E-state index is 12.4. The lowest BCUT2D eigenvalue weighted by Gasteiger charge is -2.13. The summed E-state index contributed by atoms with van der Waals surface area (Å²) in [5, 5.41) is 3.41. The van der Waals surface area contributed by atoms with Crippen LogP contribution in [0.4, 0.5) is 0 Å². The molecule has 7 nitrogen and oxygen atoms in total. The fourth-order valence-electron chi connectivity index (χ4n) is 2.88. The van der Waals surface area contributed by atoms with E-state index in [-0.39, 0.29) is 11.1 Å². The molecule has 7 heteroatoms. The van der Waals surface area contributed by atoms with Gasteiger partial charge in [-0.2, -0.15) is 0 Å². The van der Waals surface area contributed by atoms with Crippen molar-refractivity contribution in [2.24, 2.45) is 7.05 Å². The quantitative estimate of drug-likeness (QED) is 0.785. The van der Waals surface area contributed by atoms with Crippen LogP contribution < -0.4 is 20.6 Å². The first kappa shape index (κ1) is 15.9. The number of aromatic amines is 1. The van der Waals surface area contributed by atoms with Gasteiger partial charge in [-0.25, -0.2) is 0 Å². The van der Waals surface area contributed by atoms with Crippen LogP contribution in [0.15, 0.2) is 33.9 Å². The molecule has 0 saturated heterocycles. The van der Waals surface area contributed by atoms with Gasteiger partial charge in [0, 0.05) is 18.8 Å². The zero-order chi connectivity index (χ0) is 17.4. The Bertz CT molecular complexity index is 1030. The van der Waals surface area contributed by atoms with Crippen molar-refractivity contribution in [1.29, 1.82) is 0 Å². The van der Waals surface area contributed by atoms with Crippen LogP contribution in [0, 0.1) is 6.92 Å². The molecule has 0 spiro atoms. The normalized spacial score (nSPS) is 11.0. The zero-order valence-electron chi connectivity index (χ0n) is 14.0. The van der Waals surface area contributed by atoms with E-state index < -0.39 is 0 Å². The van der Waals surface area contributed by atoms with E-state index in [9.17, 15) is 9.59 Å². The van der Waals surface area contributed by atoms with Crippen molar-refractivity contribution in [1.82, 2.24) is 14.3 Å². The van der Waals surface area contributed by atoms with E-state index >= 15 is 0 Å². The van der Waals surface area contributed by atoms with Gasteiger partial charge in [-0.1, -0.05) is 6.07 Å². The lowest BCUT2D eigenvalue weighted by Crippen LogP contribution is -2.23. The fourth-order valence-corrected chi connectivity index (χ4v) is 2.88. The summed E-state index contributed by atoms with van der Waals surface area (Å²) in [5.41, 5.74) is 1.74. The summed E-state index contributed by atoms with van der Waals surface area (Å²) in [5.74, 6) is 1.22. The smallest absolute Gasteiger partial charge is 0.275 e. The van der Waals surface area contributed by atoms with Crippen molar-refractivity contribution in [2.45, 2.75) is 13.5 Å². The van der Waals surface area contributed by atoms with Crippen molar-refractivity contribution < 1.29 is 9.47 Å². The Balaban J connectivity index is 2.12. The highest BCUT2D eigenvalue weighted by atomic mass is 16.5. The Morgan fingerprint density at radius 2 is 1.79 bits per heavy atom. The molecule has 0 unspecified atom stereocenters. The number of nitrogens with one attached hydrogen (secondary N) is 1. The number of aryl methyl sites for hydroxylation is 2. The third-order valence-electron chi connectivity index (χ3n) is 4.17. The van der Waals surface area contributed by atoms with Gasteiger partial charge in [-0.3, -0.25) is 19.4 Å². The molecule has 0 atom stereocenters. The number of hydrogen-bond acceptors (Lipinski definition) is 4. The monoisotopic (exact) mass is 329 g/mol. The molecule has 3 aromatic rings. The van der Waals surface area contributed by atoms with Crippen LogP contribution in [0.2, 0.25) is 0 Å². The molecule has 2 aromatic heterocycles. The van der Waals surface area contributed by atoms with Crippen LogP contribution in [0.1, 0.15) is 11.3 Å². The summed E-state index contributed by atoms with van der Waals surface area (Å²) in [4.78, 5) is 24.7. The van der Waals surface area contributed by atoms with Crippen molar-refractivity contribution >= 4 is 10.9 Å². The van der Waals surface area contributed by atoms with E-state index in [1.54, 1.807) is 38.8 Å². The van der Waals surface area contributed by atoms with Crippen LogP contribution in [0.25, 0.3) is 10.9 Å². The van der Waals surface area contributed by atoms with Crippen molar-refractivity contribution in [3.8, 4) is 11.5 Å². The van der Waals surface area contributed by atoms with Crippen LogP contribution in [-0.4, -0.2) is 28.6 Å². The summed E-state index contributed by atoms with van der Waals surface area (Å²) >= 11 is 0. The summed E-state index contributed by atoms with van der Waals surface area (Å²) in [6.07, 6.45) is 0. The minimum atomic E-state index is -0.170. The summed E-state index contributed by atoms with van der Waals surface area (Å²) in [6, 6.07) is 6.93. The van der Waals surface area contributed by atoms with Crippen molar-refractivity contribution in [3.63, 3.8) is 0 Å². The van der Waals surface area contributed by atoms with E-state index in [0.717, 1.165) is 5.56 Å². The highest BCUT2D eigenvalue weighted by molar-refractivity contribution is 5.80. The number of methoxy groups -OCH3 is 2. The number of ether oxygens (including phenoxy) is 2. The highest BCUT2D eigenvalue weighted by Crippen LogP contribution is 2.28. The molecule has 3 rings (SSSR count). The minimum Gasteiger partial charge on any atom is -0.493 e. The molecular weight excluding hydrogens is 310 g/mol. The number of aromatic nitrogens is 3. The Labute approximate surface area is 138 Å². The van der Waals surface area contributed by atoms with Gasteiger partial charge in [0.15, 0.2) is 11.5 Å². The summed E-state index contributed by atoms with van der Waals surface area (Å²) in [6.45, 7) is 2.12. The average Bonchev–Trinajstić information content (AvgIpc) is 2.85. The van der Waals surface area contributed by atoms with Gasteiger partial charge < -0.3 is 14.0 Å². The second-order valence-corrected chi connectivity index (χ2v) is 5.61. The molecule has 0 aliphatic heterocycles. The second-order valence-electron chi connectivity index (χ2n) is 5.61. The Kier molecular flexibility index (Phi) is 3.92. The van der Waals surface area contributed by atoms with Gasteiger partial charge in [0.1, 0.15) is 0 Å². The predicted octanol–water partition coefficient (Wildman–Crippen LogP) is 1.40. The molecule has 0 fully saturated rings. The molecule has 1 aromatic carbocycles. The molecule has 0 bridgehead atoms. The molecule has 0 amide bonds. The van der Waals surface area contributed by atoms with Crippen LogP contribution >= 0.6 is 0 Å². The molecular formula is C17H19N3O4. The molecule has 0 aliphatic carbocycles. The number of pyridine rings is 1. The molecule has 1 N–H and O–H groups in total. The average molecular weight is 329 g/mol. The Morgan fingerprint density at radius 1 is 1.08 bits per heavy atom. The topological polar surface area (TPSA) is 78.2 Å². The van der Waals surface area contributed by atoms with Gasteiger partial charge in [0.05, 0.1) is 31.7 Å². The largest absolute Gasteiger partial charge is 0.493 e. The van der Waals surface area contributed by atoms with Gasteiger partial charge >= 0.3 is 0 Å².